The first-order valence-electron chi connectivity index (χ1n) is 9.45. The van der Waals surface area contributed by atoms with E-state index in [1.165, 1.54) is 0 Å². The molecule has 0 atom stereocenters. The monoisotopic (exact) mass is 392 g/mol. The summed E-state index contributed by atoms with van der Waals surface area (Å²) in [6.45, 7) is 3.60. The first-order chi connectivity index (χ1) is 13.9. The van der Waals surface area contributed by atoms with Crippen LogP contribution in [0.25, 0.3) is 0 Å². The van der Waals surface area contributed by atoms with E-state index in [0.29, 0.717) is 29.7 Å². The van der Waals surface area contributed by atoms with Gasteiger partial charge in [-0.1, -0.05) is 26.0 Å². The standard InChI is InChI=1S/C23H24N2O4/c1-16(2)13-22(27)25-20-10-8-19(9-11-20)21(26)15-29-23(28)12-7-17-3-5-18(14-24)6-4-17/h3-6,8-11,16H,7,12-13,15H2,1-2H3,(H,25,27). The summed E-state index contributed by atoms with van der Waals surface area (Å²) in [6, 6.07) is 15.5. The number of rotatable bonds is 9. The highest BCUT2D eigenvalue weighted by atomic mass is 16.5. The number of nitrogens with one attached hydrogen (secondary N) is 1. The van der Waals surface area contributed by atoms with Crippen LogP contribution in [0.1, 0.15) is 48.2 Å². The third-order valence-corrected chi connectivity index (χ3v) is 4.15. The topological polar surface area (TPSA) is 96.3 Å². The van der Waals surface area contributed by atoms with Crippen LogP contribution in [0.3, 0.4) is 0 Å². The molecule has 0 bridgehead atoms. The SMILES string of the molecule is CC(C)CC(=O)Nc1ccc(C(=O)COC(=O)CCc2ccc(C#N)cc2)cc1. The summed E-state index contributed by atoms with van der Waals surface area (Å²) in [6.07, 6.45) is 1.06. The Kier molecular flexibility index (Phi) is 8.11. The van der Waals surface area contributed by atoms with Gasteiger partial charge in [-0.05, 0) is 54.3 Å². The fourth-order valence-electron chi connectivity index (χ4n) is 2.62. The van der Waals surface area contributed by atoms with Gasteiger partial charge in [-0.2, -0.15) is 5.26 Å². The Morgan fingerprint density at radius 3 is 2.28 bits per heavy atom. The molecule has 0 radical (unpaired) electrons. The van der Waals surface area contributed by atoms with Crippen molar-refractivity contribution in [1.82, 2.24) is 0 Å². The highest BCUT2D eigenvalue weighted by Gasteiger charge is 2.11. The summed E-state index contributed by atoms with van der Waals surface area (Å²) in [5.41, 5.74) is 2.51. The maximum atomic E-state index is 12.2. The largest absolute Gasteiger partial charge is 0.457 e. The summed E-state index contributed by atoms with van der Waals surface area (Å²) in [7, 11) is 0. The van der Waals surface area contributed by atoms with Crippen molar-refractivity contribution in [2.75, 3.05) is 11.9 Å². The number of hydrogen-bond donors (Lipinski definition) is 1. The fraction of sp³-hybridized carbons (Fsp3) is 0.304. The third-order valence-electron chi connectivity index (χ3n) is 4.15. The zero-order valence-corrected chi connectivity index (χ0v) is 16.6. The van der Waals surface area contributed by atoms with Crippen LogP contribution < -0.4 is 5.32 Å². The lowest BCUT2D eigenvalue weighted by molar-refractivity contribution is -0.142. The molecule has 0 unspecified atom stereocenters. The van der Waals surface area contributed by atoms with Crippen molar-refractivity contribution in [3.63, 3.8) is 0 Å². The Morgan fingerprint density at radius 1 is 1.03 bits per heavy atom. The van der Waals surface area contributed by atoms with Crippen molar-refractivity contribution in [1.29, 1.82) is 5.26 Å². The number of esters is 1. The van der Waals surface area contributed by atoms with E-state index in [1.54, 1.807) is 48.5 Å². The summed E-state index contributed by atoms with van der Waals surface area (Å²) in [4.78, 5) is 35.8. The molecule has 0 aliphatic rings. The summed E-state index contributed by atoms with van der Waals surface area (Å²) >= 11 is 0. The van der Waals surface area contributed by atoms with Crippen molar-refractivity contribution >= 4 is 23.3 Å². The van der Waals surface area contributed by atoms with E-state index in [2.05, 4.69) is 5.32 Å². The molecule has 1 amide bonds. The first-order valence-corrected chi connectivity index (χ1v) is 9.45. The minimum Gasteiger partial charge on any atom is -0.457 e. The van der Waals surface area contributed by atoms with E-state index in [4.69, 9.17) is 10.00 Å². The van der Waals surface area contributed by atoms with E-state index in [1.807, 2.05) is 19.9 Å². The number of Topliss-reactive ketones (excluding diaryl/α,β-unsaturated/α-hetero) is 1. The normalized spacial score (nSPS) is 10.3. The number of anilines is 1. The van der Waals surface area contributed by atoms with Gasteiger partial charge < -0.3 is 10.1 Å². The van der Waals surface area contributed by atoms with Crippen LogP contribution in [0.15, 0.2) is 48.5 Å². The van der Waals surface area contributed by atoms with Gasteiger partial charge in [0.15, 0.2) is 12.4 Å². The average molecular weight is 392 g/mol. The molecule has 6 heteroatoms. The molecule has 0 saturated carbocycles. The minimum absolute atomic E-state index is 0.0738. The van der Waals surface area contributed by atoms with E-state index >= 15 is 0 Å². The van der Waals surface area contributed by atoms with Crippen molar-refractivity contribution in [2.45, 2.75) is 33.1 Å². The van der Waals surface area contributed by atoms with Crippen LogP contribution in [0, 0.1) is 17.2 Å². The summed E-state index contributed by atoms with van der Waals surface area (Å²) < 4.78 is 5.05. The second kappa shape index (κ2) is 10.8. The maximum Gasteiger partial charge on any atom is 0.306 e. The number of benzene rings is 2. The zero-order chi connectivity index (χ0) is 21.2. The lowest BCUT2D eigenvalue weighted by Gasteiger charge is -2.08. The number of carbonyl (C=O) groups excluding carboxylic acids is 3. The smallest absolute Gasteiger partial charge is 0.306 e. The van der Waals surface area contributed by atoms with Gasteiger partial charge in [-0.25, -0.2) is 0 Å². The quantitative estimate of drug-likeness (QED) is 0.516. The molecule has 150 valence electrons. The van der Waals surface area contributed by atoms with Gasteiger partial charge >= 0.3 is 5.97 Å². The van der Waals surface area contributed by atoms with Gasteiger partial charge in [-0.15, -0.1) is 0 Å². The van der Waals surface area contributed by atoms with Gasteiger partial charge in [0.25, 0.3) is 0 Å². The van der Waals surface area contributed by atoms with E-state index < -0.39 is 5.97 Å². The predicted octanol–water partition coefficient (Wildman–Crippen LogP) is 3.90. The molecule has 2 aromatic carbocycles. The number of ether oxygens (including phenoxy) is 1. The number of aryl methyl sites for hydroxylation is 1. The second-order valence-electron chi connectivity index (χ2n) is 7.12. The number of ketones is 1. The van der Waals surface area contributed by atoms with E-state index in [9.17, 15) is 14.4 Å². The van der Waals surface area contributed by atoms with Crippen molar-refractivity contribution in [3.8, 4) is 6.07 Å². The minimum atomic E-state index is -0.458. The molecule has 2 rings (SSSR count). The number of nitrogens with zero attached hydrogens (tertiary/aromatic N) is 1. The van der Waals surface area contributed by atoms with Gasteiger partial charge in [0.05, 0.1) is 11.6 Å². The molecule has 6 nitrogen and oxygen atoms in total. The highest BCUT2D eigenvalue weighted by molar-refractivity contribution is 5.98. The molecular weight excluding hydrogens is 368 g/mol. The van der Waals surface area contributed by atoms with Crippen molar-refractivity contribution in [3.05, 3.63) is 65.2 Å². The predicted molar refractivity (Wildman–Crippen MR) is 109 cm³/mol. The first kappa shape index (κ1) is 21.8. The Morgan fingerprint density at radius 2 is 1.69 bits per heavy atom. The molecule has 0 aliphatic heterocycles. The molecular formula is C23H24N2O4. The molecule has 29 heavy (non-hydrogen) atoms. The van der Waals surface area contributed by atoms with E-state index in [0.717, 1.165) is 5.56 Å². The Balaban J connectivity index is 1.77. The van der Waals surface area contributed by atoms with E-state index in [-0.39, 0.29) is 30.6 Å². The Bertz CT molecular complexity index is 894. The van der Waals surface area contributed by atoms with Crippen molar-refractivity contribution < 1.29 is 19.1 Å². The summed E-state index contributed by atoms with van der Waals surface area (Å²) in [5.74, 6) is -0.574. The van der Waals surface area contributed by atoms with Crippen LogP contribution in [0.2, 0.25) is 0 Å². The molecule has 0 heterocycles. The van der Waals surface area contributed by atoms with Crippen LogP contribution in [0.5, 0.6) is 0 Å². The van der Waals surface area contributed by atoms with Crippen molar-refractivity contribution in [2.24, 2.45) is 5.92 Å². The van der Waals surface area contributed by atoms with Gasteiger partial charge in [0.2, 0.25) is 5.91 Å². The average Bonchev–Trinajstić information content (AvgIpc) is 2.70. The number of nitriles is 1. The molecule has 0 aromatic heterocycles. The van der Waals surface area contributed by atoms with Crippen LogP contribution in [-0.2, 0) is 20.7 Å². The van der Waals surface area contributed by atoms with Crippen LogP contribution >= 0.6 is 0 Å². The van der Waals surface area contributed by atoms with Crippen LogP contribution in [-0.4, -0.2) is 24.3 Å². The summed E-state index contributed by atoms with van der Waals surface area (Å²) in [5, 5.41) is 11.5. The molecule has 0 aliphatic carbocycles. The maximum absolute atomic E-state index is 12.2. The fourth-order valence-corrected chi connectivity index (χ4v) is 2.62. The number of amides is 1. The van der Waals surface area contributed by atoms with Gasteiger partial charge in [0.1, 0.15) is 0 Å². The number of hydrogen-bond acceptors (Lipinski definition) is 5. The molecule has 2 aromatic rings. The zero-order valence-electron chi connectivity index (χ0n) is 16.6. The molecule has 1 N–H and O–H groups in total. The lowest BCUT2D eigenvalue weighted by atomic mass is 10.1. The Hall–Kier alpha value is -3.46. The van der Waals surface area contributed by atoms with Crippen LogP contribution in [0.4, 0.5) is 5.69 Å². The highest BCUT2D eigenvalue weighted by Crippen LogP contribution is 2.12. The Labute approximate surface area is 170 Å². The molecule has 0 spiro atoms. The molecule has 0 fully saturated rings. The second-order valence-corrected chi connectivity index (χ2v) is 7.12. The van der Waals surface area contributed by atoms with Gasteiger partial charge in [0, 0.05) is 24.1 Å². The number of carbonyl (C=O) groups is 3. The third kappa shape index (κ3) is 7.59. The van der Waals surface area contributed by atoms with Gasteiger partial charge in [-0.3, -0.25) is 14.4 Å². The molecule has 0 saturated heterocycles. The lowest BCUT2D eigenvalue weighted by Crippen LogP contribution is -2.15.